The van der Waals surface area contributed by atoms with Crippen molar-refractivity contribution >= 4 is 11.8 Å². The van der Waals surface area contributed by atoms with Gasteiger partial charge in [0.15, 0.2) is 5.96 Å². The summed E-state index contributed by atoms with van der Waals surface area (Å²) in [7, 11) is 0. The molecule has 0 atom stereocenters. The van der Waals surface area contributed by atoms with E-state index in [4.69, 9.17) is 5.73 Å². The smallest absolute Gasteiger partial charge is 0.188 e. The molecule has 1 aliphatic rings. The third-order valence-electron chi connectivity index (χ3n) is 3.70. The number of aromatic nitrogens is 1. The second-order valence-corrected chi connectivity index (χ2v) is 6.03. The van der Waals surface area contributed by atoms with Gasteiger partial charge < -0.3 is 16.0 Å². The molecule has 2 rings (SSSR count). The zero-order valence-corrected chi connectivity index (χ0v) is 13.2. The highest BCUT2D eigenvalue weighted by Gasteiger charge is 2.12. The molecule has 1 aromatic heterocycles. The Labute approximate surface area is 127 Å². The van der Waals surface area contributed by atoms with Gasteiger partial charge in [-0.2, -0.15) is 0 Å². The van der Waals surface area contributed by atoms with E-state index in [1.807, 2.05) is 6.20 Å². The van der Waals surface area contributed by atoms with Gasteiger partial charge in [0, 0.05) is 25.8 Å². The zero-order chi connectivity index (χ0) is 15.1. The molecule has 116 valence electrons. The summed E-state index contributed by atoms with van der Waals surface area (Å²) in [6.07, 6.45) is 5.54. The maximum absolute atomic E-state index is 5.85. The molecule has 21 heavy (non-hydrogen) atoms. The Morgan fingerprint density at radius 3 is 2.76 bits per heavy atom. The molecule has 0 radical (unpaired) electrons. The van der Waals surface area contributed by atoms with Gasteiger partial charge in [-0.15, -0.1) is 0 Å². The number of nitrogens with two attached hydrogens (primary N) is 1. The third-order valence-corrected chi connectivity index (χ3v) is 3.70. The molecule has 5 nitrogen and oxygen atoms in total. The van der Waals surface area contributed by atoms with Crippen molar-refractivity contribution in [3.05, 3.63) is 23.9 Å². The summed E-state index contributed by atoms with van der Waals surface area (Å²) in [4.78, 5) is 11.2. The van der Waals surface area contributed by atoms with Gasteiger partial charge in [-0.1, -0.05) is 19.9 Å². The number of anilines is 1. The molecule has 0 bridgehead atoms. The van der Waals surface area contributed by atoms with Crippen molar-refractivity contribution in [3.8, 4) is 0 Å². The highest BCUT2D eigenvalue weighted by atomic mass is 15.2. The molecule has 0 spiro atoms. The van der Waals surface area contributed by atoms with Crippen LogP contribution in [-0.4, -0.2) is 30.6 Å². The van der Waals surface area contributed by atoms with Crippen LogP contribution in [0.25, 0.3) is 0 Å². The van der Waals surface area contributed by atoms with E-state index in [2.05, 4.69) is 46.2 Å². The zero-order valence-electron chi connectivity index (χ0n) is 13.2. The van der Waals surface area contributed by atoms with Crippen LogP contribution in [0, 0.1) is 5.92 Å². The van der Waals surface area contributed by atoms with E-state index < -0.39 is 0 Å². The van der Waals surface area contributed by atoms with Crippen LogP contribution in [0.4, 0.5) is 5.82 Å². The number of guanidine groups is 1. The summed E-state index contributed by atoms with van der Waals surface area (Å²) in [6.45, 7) is 8.09. The van der Waals surface area contributed by atoms with Gasteiger partial charge in [0.25, 0.3) is 0 Å². The van der Waals surface area contributed by atoms with Gasteiger partial charge in [0.05, 0.1) is 6.54 Å². The maximum atomic E-state index is 5.85. The summed E-state index contributed by atoms with van der Waals surface area (Å²) >= 11 is 0. The average molecular weight is 289 g/mol. The first-order valence-electron chi connectivity index (χ1n) is 7.89. The summed E-state index contributed by atoms with van der Waals surface area (Å²) in [5, 5.41) is 3.14. The van der Waals surface area contributed by atoms with E-state index in [0.29, 0.717) is 18.4 Å². The summed E-state index contributed by atoms with van der Waals surface area (Å²) in [5.74, 6) is 2.26. The Balaban J connectivity index is 1.79. The second-order valence-electron chi connectivity index (χ2n) is 6.03. The molecular weight excluding hydrogens is 262 g/mol. The Kier molecular flexibility index (Phi) is 5.84. The number of hydrogen-bond acceptors (Lipinski definition) is 3. The van der Waals surface area contributed by atoms with Crippen LogP contribution in [0.2, 0.25) is 0 Å². The monoisotopic (exact) mass is 289 g/mol. The minimum absolute atomic E-state index is 0.513. The molecule has 0 amide bonds. The highest BCUT2D eigenvalue weighted by Crippen LogP contribution is 2.17. The summed E-state index contributed by atoms with van der Waals surface area (Å²) in [5.41, 5.74) is 6.94. The van der Waals surface area contributed by atoms with Crippen molar-refractivity contribution < 1.29 is 0 Å². The Morgan fingerprint density at radius 2 is 2.14 bits per heavy atom. The minimum Gasteiger partial charge on any atom is -0.370 e. The molecule has 0 aromatic carbocycles. The predicted octanol–water partition coefficient (Wildman–Crippen LogP) is 2.13. The van der Waals surface area contributed by atoms with Crippen molar-refractivity contribution in [1.29, 1.82) is 0 Å². The van der Waals surface area contributed by atoms with Gasteiger partial charge in [0.1, 0.15) is 5.82 Å². The first kappa shape index (κ1) is 15.6. The lowest BCUT2D eigenvalue weighted by molar-refractivity contribution is 0.576. The van der Waals surface area contributed by atoms with E-state index in [1.165, 1.54) is 12.8 Å². The van der Waals surface area contributed by atoms with E-state index in [-0.39, 0.29) is 0 Å². The van der Waals surface area contributed by atoms with Crippen molar-refractivity contribution in [3.63, 3.8) is 0 Å². The van der Waals surface area contributed by atoms with Gasteiger partial charge in [-0.05, 0) is 36.8 Å². The van der Waals surface area contributed by atoms with Gasteiger partial charge in [0.2, 0.25) is 0 Å². The van der Waals surface area contributed by atoms with Gasteiger partial charge in [-0.3, -0.25) is 0 Å². The Hall–Kier alpha value is -1.78. The van der Waals surface area contributed by atoms with Crippen LogP contribution >= 0.6 is 0 Å². The normalized spacial score (nSPS) is 15.8. The van der Waals surface area contributed by atoms with Crippen LogP contribution in [0.15, 0.2) is 23.3 Å². The number of nitrogens with one attached hydrogen (secondary N) is 1. The molecule has 0 saturated carbocycles. The lowest BCUT2D eigenvalue weighted by Gasteiger charge is -2.16. The molecule has 1 aliphatic heterocycles. The quantitative estimate of drug-likeness (QED) is 0.622. The van der Waals surface area contributed by atoms with Gasteiger partial charge >= 0.3 is 0 Å². The van der Waals surface area contributed by atoms with Crippen molar-refractivity contribution in [2.45, 2.75) is 39.7 Å². The average Bonchev–Trinajstić information content (AvgIpc) is 2.99. The molecule has 3 N–H and O–H groups in total. The number of pyridine rings is 1. The highest BCUT2D eigenvalue weighted by molar-refractivity contribution is 5.77. The fourth-order valence-corrected chi connectivity index (χ4v) is 2.36. The van der Waals surface area contributed by atoms with E-state index in [9.17, 15) is 0 Å². The van der Waals surface area contributed by atoms with E-state index in [1.54, 1.807) is 0 Å². The number of nitrogens with zero attached hydrogens (tertiary/aromatic N) is 3. The third kappa shape index (κ3) is 5.25. The van der Waals surface area contributed by atoms with Crippen molar-refractivity contribution in [1.82, 2.24) is 10.3 Å². The molecule has 1 fully saturated rings. The fraction of sp³-hybridized carbons (Fsp3) is 0.625. The lowest BCUT2D eigenvalue weighted by Crippen LogP contribution is -2.32. The van der Waals surface area contributed by atoms with Crippen LogP contribution in [0.1, 0.15) is 38.7 Å². The number of rotatable bonds is 6. The molecule has 5 heteroatoms. The molecule has 2 heterocycles. The summed E-state index contributed by atoms with van der Waals surface area (Å²) < 4.78 is 0. The first-order valence-corrected chi connectivity index (χ1v) is 7.89. The Morgan fingerprint density at radius 1 is 1.38 bits per heavy atom. The predicted molar refractivity (Wildman–Crippen MR) is 88.5 cm³/mol. The van der Waals surface area contributed by atoms with Crippen LogP contribution in [-0.2, 0) is 6.54 Å². The van der Waals surface area contributed by atoms with Crippen LogP contribution in [0.3, 0.4) is 0 Å². The molecule has 1 saturated heterocycles. The summed E-state index contributed by atoms with van der Waals surface area (Å²) in [6, 6.07) is 4.17. The van der Waals surface area contributed by atoms with Crippen molar-refractivity contribution in [2.24, 2.45) is 16.6 Å². The topological polar surface area (TPSA) is 66.5 Å². The minimum atomic E-state index is 0.513. The molecule has 1 aromatic rings. The van der Waals surface area contributed by atoms with Crippen LogP contribution in [0.5, 0.6) is 0 Å². The second kappa shape index (κ2) is 7.86. The van der Waals surface area contributed by atoms with Gasteiger partial charge in [-0.25, -0.2) is 9.98 Å². The fourth-order valence-electron chi connectivity index (χ4n) is 2.36. The molecule has 0 aliphatic carbocycles. The lowest BCUT2D eigenvalue weighted by atomic mass is 10.1. The molecular formula is C16H27N5. The first-order chi connectivity index (χ1) is 10.1. The van der Waals surface area contributed by atoms with E-state index in [0.717, 1.165) is 37.4 Å². The Bertz CT molecular complexity index is 446. The van der Waals surface area contributed by atoms with Crippen LogP contribution < -0.4 is 16.0 Å². The standard InChI is InChI=1S/C16H27N5/c1-13(2)7-8-18-16(17)20-12-14-5-6-15(19-11-14)21-9-3-4-10-21/h5-6,11,13H,3-4,7-10,12H2,1-2H3,(H3,17,18,20). The number of aliphatic imine (C=N–C) groups is 1. The number of hydrogen-bond donors (Lipinski definition) is 2. The van der Waals surface area contributed by atoms with Crippen molar-refractivity contribution in [2.75, 3.05) is 24.5 Å². The molecule has 0 unspecified atom stereocenters. The largest absolute Gasteiger partial charge is 0.370 e. The maximum Gasteiger partial charge on any atom is 0.188 e. The van der Waals surface area contributed by atoms with E-state index >= 15 is 0 Å². The SMILES string of the molecule is CC(C)CCNC(N)=NCc1ccc(N2CCCC2)nc1.